The van der Waals surface area contributed by atoms with Gasteiger partial charge >= 0.3 is 0 Å². The van der Waals surface area contributed by atoms with Crippen LogP contribution in [0.3, 0.4) is 0 Å². The topological polar surface area (TPSA) is 51.0 Å². The quantitative estimate of drug-likeness (QED) is 0.873. The number of piperidine rings is 1. The lowest BCUT2D eigenvalue weighted by Gasteiger charge is -2.31. The largest absolute Gasteiger partial charge is 0.342 e. The molecule has 0 aromatic carbocycles. The molecule has 1 saturated heterocycles. The molecule has 22 heavy (non-hydrogen) atoms. The van der Waals surface area contributed by atoms with E-state index in [1.54, 1.807) is 22.2 Å². The zero-order valence-electron chi connectivity index (χ0n) is 13.4. The van der Waals surface area contributed by atoms with Crippen LogP contribution in [0.25, 0.3) is 0 Å². The highest BCUT2D eigenvalue weighted by Gasteiger charge is 2.27. The summed E-state index contributed by atoms with van der Waals surface area (Å²) in [4.78, 5) is 20.5. The van der Waals surface area contributed by atoms with Gasteiger partial charge in [0.25, 0.3) is 0 Å². The summed E-state index contributed by atoms with van der Waals surface area (Å²) in [5, 5.41) is 5.32. The fraction of sp³-hybridized carbons (Fsp3) is 0.562. The molecule has 3 rings (SSSR count). The third-order valence-corrected chi connectivity index (χ3v) is 5.52. The first kappa shape index (κ1) is 15.2. The van der Waals surface area contributed by atoms with Crippen LogP contribution < -0.4 is 0 Å². The van der Waals surface area contributed by atoms with Gasteiger partial charge in [0.05, 0.1) is 23.3 Å². The molecular formula is C16H22N4OS. The molecule has 2 aromatic rings. The Morgan fingerprint density at radius 2 is 2.27 bits per heavy atom. The van der Waals surface area contributed by atoms with Crippen LogP contribution in [0.2, 0.25) is 0 Å². The van der Waals surface area contributed by atoms with Crippen LogP contribution in [0.4, 0.5) is 0 Å². The van der Waals surface area contributed by atoms with Crippen molar-refractivity contribution in [1.82, 2.24) is 19.7 Å². The van der Waals surface area contributed by atoms with Crippen molar-refractivity contribution in [1.29, 1.82) is 0 Å². The molecule has 1 aliphatic rings. The molecule has 1 amide bonds. The molecule has 1 fully saturated rings. The molecule has 6 heteroatoms. The predicted octanol–water partition coefficient (Wildman–Crippen LogP) is 2.44. The van der Waals surface area contributed by atoms with E-state index in [-0.39, 0.29) is 5.91 Å². The van der Waals surface area contributed by atoms with Crippen molar-refractivity contribution in [3.8, 4) is 0 Å². The third-order valence-electron chi connectivity index (χ3n) is 4.28. The van der Waals surface area contributed by atoms with E-state index >= 15 is 0 Å². The van der Waals surface area contributed by atoms with Gasteiger partial charge in [0.2, 0.25) is 5.91 Å². The molecule has 2 aromatic heterocycles. The summed E-state index contributed by atoms with van der Waals surface area (Å²) in [7, 11) is 1.87. The monoisotopic (exact) mass is 318 g/mol. The first-order valence-corrected chi connectivity index (χ1v) is 8.54. The minimum absolute atomic E-state index is 0.197. The van der Waals surface area contributed by atoms with E-state index in [0.717, 1.165) is 37.2 Å². The molecular weight excluding hydrogens is 296 g/mol. The minimum Gasteiger partial charge on any atom is -0.342 e. The lowest BCUT2D eigenvalue weighted by Crippen LogP contribution is -2.39. The number of thiazole rings is 1. The molecule has 0 radical (unpaired) electrons. The van der Waals surface area contributed by atoms with E-state index in [0.29, 0.717) is 12.3 Å². The molecule has 0 saturated carbocycles. The highest BCUT2D eigenvalue weighted by molar-refractivity contribution is 7.11. The first-order valence-electron chi connectivity index (χ1n) is 7.72. The second kappa shape index (κ2) is 6.20. The molecule has 0 unspecified atom stereocenters. The fourth-order valence-corrected chi connectivity index (χ4v) is 3.98. The Balaban J connectivity index is 1.66. The van der Waals surface area contributed by atoms with E-state index < -0.39 is 0 Å². The molecule has 0 bridgehead atoms. The van der Waals surface area contributed by atoms with Gasteiger partial charge in [-0.15, -0.1) is 11.3 Å². The average Bonchev–Trinajstić information content (AvgIpc) is 3.05. The van der Waals surface area contributed by atoms with Crippen LogP contribution >= 0.6 is 11.3 Å². The van der Waals surface area contributed by atoms with Crippen LogP contribution in [0.15, 0.2) is 12.4 Å². The second-order valence-corrected chi connectivity index (χ2v) is 7.31. The zero-order chi connectivity index (χ0) is 15.7. The highest BCUT2D eigenvalue weighted by atomic mass is 32.1. The molecule has 3 heterocycles. The molecule has 0 N–H and O–H groups in total. The number of amides is 1. The van der Waals surface area contributed by atoms with Gasteiger partial charge in [-0.05, 0) is 32.3 Å². The number of aromatic nitrogens is 3. The van der Waals surface area contributed by atoms with Crippen LogP contribution in [-0.4, -0.2) is 38.7 Å². The van der Waals surface area contributed by atoms with Gasteiger partial charge < -0.3 is 4.90 Å². The van der Waals surface area contributed by atoms with Crippen molar-refractivity contribution in [2.45, 2.75) is 39.0 Å². The van der Waals surface area contributed by atoms with Crippen molar-refractivity contribution in [3.63, 3.8) is 0 Å². The van der Waals surface area contributed by atoms with Gasteiger partial charge in [-0.25, -0.2) is 4.98 Å². The Bertz CT molecular complexity index is 656. The molecule has 0 aliphatic carbocycles. The summed E-state index contributed by atoms with van der Waals surface area (Å²) >= 11 is 1.78. The number of nitrogens with zero attached hydrogens (tertiary/aromatic N) is 4. The average molecular weight is 318 g/mol. The Morgan fingerprint density at radius 3 is 2.91 bits per heavy atom. The number of carbonyl (C=O) groups is 1. The lowest BCUT2D eigenvalue weighted by molar-refractivity contribution is -0.131. The molecule has 0 spiro atoms. The number of hydrogen-bond donors (Lipinski definition) is 0. The van der Waals surface area contributed by atoms with Crippen molar-refractivity contribution in [2.75, 3.05) is 13.1 Å². The number of aryl methyl sites for hydroxylation is 3. The van der Waals surface area contributed by atoms with E-state index in [2.05, 4.69) is 23.9 Å². The molecule has 1 aliphatic heterocycles. The number of carbonyl (C=O) groups excluding carboxylic acids is 1. The summed E-state index contributed by atoms with van der Waals surface area (Å²) < 4.78 is 1.74. The van der Waals surface area contributed by atoms with Gasteiger partial charge in [-0.1, -0.05) is 0 Å². The zero-order valence-corrected chi connectivity index (χ0v) is 14.2. The van der Waals surface area contributed by atoms with Gasteiger partial charge in [-0.3, -0.25) is 9.48 Å². The Kier molecular flexibility index (Phi) is 4.29. The van der Waals surface area contributed by atoms with Crippen molar-refractivity contribution in [2.24, 2.45) is 7.05 Å². The van der Waals surface area contributed by atoms with Gasteiger partial charge in [0.15, 0.2) is 0 Å². The van der Waals surface area contributed by atoms with E-state index in [9.17, 15) is 4.79 Å². The maximum absolute atomic E-state index is 12.5. The highest BCUT2D eigenvalue weighted by Crippen LogP contribution is 2.31. The van der Waals surface area contributed by atoms with Crippen molar-refractivity contribution < 1.29 is 4.79 Å². The normalized spacial score (nSPS) is 18.7. The summed E-state index contributed by atoms with van der Waals surface area (Å²) in [5.74, 6) is 0.590. The standard InChI is InChI=1S/C16H22N4OS/c1-11-12(2)22-16(18-11)14-5-4-6-20(10-14)15(21)7-13-8-17-19(3)9-13/h8-9,14H,4-7,10H2,1-3H3/t14-/m0/s1. The van der Waals surface area contributed by atoms with Gasteiger partial charge in [0, 0.05) is 37.1 Å². The minimum atomic E-state index is 0.197. The van der Waals surface area contributed by atoms with Gasteiger partial charge in [0.1, 0.15) is 0 Å². The van der Waals surface area contributed by atoms with Crippen LogP contribution in [-0.2, 0) is 18.3 Å². The maximum atomic E-state index is 12.5. The predicted molar refractivity (Wildman–Crippen MR) is 87.1 cm³/mol. The Hall–Kier alpha value is -1.69. The van der Waals surface area contributed by atoms with Crippen molar-refractivity contribution in [3.05, 3.63) is 33.5 Å². The molecule has 1 atom stereocenters. The van der Waals surface area contributed by atoms with Crippen molar-refractivity contribution >= 4 is 17.2 Å². The molecule has 118 valence electrons. The van der Waals surface area contributed by atoms with Crippen LogP contribution in [0.1, 0.15) is 39.9 Å². The Morgan fingerprint density at radius 1 is 1.45 bits per heavy atom. The summed E-state index contributed by atoms with van der Waals surface area (Å²) in [6.45, 7) is 5.83. The van der Waals surface area contributed by atoms with Gasteiger partial charge in [-0.2, -0.15) is 5.10 Å². The van der Waals surface area contributed by atoms with E-state index in [4.69, 9.17) is 0 Å². The van der Waals surface area contributed by atoms with E-state index in [1.807, 2.05) is 18.1 Å². The number of likely N-dealkylation sites (tertiary alicyclic amines) is 1. The second-order valence-electron chi connectivity index (χ2n) is 6.07. The lowest BCUT2D eigenvalue weighted by atomic mass is 9.98. The number of hydrogen-bond acceptors (Lipinski definition) is 4. The summed E-state index contributed by atoms with van der Waals surface area (Å²) in [5.41, 5.74) is 2.11. The fourth-order valence-electron chi connectivity index (χ4n) is 2.93. The number of rotatable bonds is 3. The summed E-state index contributed by atoms with van der Waals surface area (Å²) in [6.07, 6.45) is 6.31. The SMILES string of the molecule is Cc1nc([C@H]2CCCN(C(=O)Cc3cnn(C)c3)C2)sc1C. The van der Waals surface area contributed by atoms with E-state index in [1.165, 1.54) is 9.88 Å². The third kappa shape index (κ3) is 3.21. The molecule has 5 nitrogen and oxygen atoms in total. The van der Waals surface area contributed by atoms with Crippen LogP contribution in [0, 0.1) is 13.8 Å². The summed E-state index contributed by atoms with van der Waals surface area (Å²) in [6, 6.07) is 0. The first-order chi connectivity index (χ1) is 10.5. The smallest absolute Gasteiger partial charge is 0.227 e. The Labute approximate surface area is 135 Å². The van der Waals surface area contributed by atoms with Crippen LogP contribution in [0.5, 0.6) is 0 Å². The maximum Gasteiger partial charge on any atom is 0.227 e.